The predicted molar refractivity (Wildman–Crippen MR) is 63.9 cm³/mol. The van der Waals surface area contributed by atoms with E-state index in [1.807, 2.05) is 13.0 Å². The number of aryl methyl sites for hydroxylation is 1. The van der Waals surface area contributed by atoms with E-state index >= 15 is 0 Å². The van der Waals surface area contributed by atoms with Crippen LogP contribution in [-0.2, 0) is 0 Å². The second kappa shape index (κ2) is 4.16. The largest absolute Gasteiger partial charge is 0.478 e. The van der Waals surface area contributed by atoms with Gasteiger partial charge in [-0.2, -0.15) is 0 Å². The van der Waals surface area contributed by atoms with Gasteiger partial charge in [0.1, 0.15) is 0 Å². The molecule has 0 aromatic heterocycles. The molecule has 0 aliphatic heterocycles. The van der Waals surface area contributed by atoms with E-state index in [2.05, 4.69) is 12.2 Å². The lowest BCUT2D eigenvalue weighted by atomic mass is 10.1. The van der Waals surface area contributed by atoms with Crippen molar-refractivity contribution in [2.45, 2.75) is 32.7 Å². The molecule has 1 saturated carbocycles. The van der Waals surface area contributed by atoms with E-state index in [9.17, 15) is 4.79 Å². The number of anilines is 1. The molecule has 3 heteroatoms. The number of carboxylic acid groups (broad SMARTS) is 1. The third-order valence-corrected chi connectivity index (χ3v) is 3.26. The molecule has 0 amide bonds. The van der Waals surface area contributed by atoms with E-state index in [0.717, 1.165) is 17.2 Å². The molecule has 0 heterocycles. The summed E-state index contributed by atoms with van der Waals surface area (Å²) in [5.74, 6) is -0.0777. The Labute approximate surface area is 95.5 Å². The number of carboxylic acids is 1. The summed E-state index contributed by atoms with van der Waals surface area (Å²) >= 11 is 0. The SMILES string of the molecule is CCC1CC1Nc1ccc(C(=O)O)cc1C. The van der Waals surface area contributed by atoms with Crippen LogP contribution in [0.4, 0.5) is 5.69 Å². The van der Waals surface area contributed by atoms with Crippen molar-refractivity contribution in [3.8, 4) is 0 Å². The van der Waals surface area contributed by atoms with Gasteiger partial charge < -0.3 is 10.4 Å². The van der Waals surface area contributed by atoms with Gasteiger partial charge in [-0.1, -0.05) is 13.3 Å². The Morgan fingerprint density at radius 2 is 2.31 bits per heavy atom. The lowest BCUT2D eigenvalue weighted by molar-refractivity contribution is 0.0697. The third-order valence-electron chi connectivity index (χ3n) is 3.26. The molecule has 3 nitrogen and oxygen atoms in total. The highest BCUT2D eigenvalue weighted by Crippen LogP contribution is 2.36. The monoisotopic (exact) mass is 219 g/mol. The second-order valence-electron chi connectivity index (χ2n) is 4.49. The fraction of sp³-hybridized carbons (Fsp3) is 0.462. The first-order valence-electron chi connectivity index (χ1n) is 5.72. The van der Waals surface area contributed by atoms with Crippen LogP contribution >= 0.6 is 0 Å². The highest BCUT2D eigenvalue weighted by molar-refractivity contribution is 5.88. The lowest BCUT2D eigenvalue weighted by Gasteiger charge is -2.09. The third kappa shape index (κ3) is 2.18. The summed E-state index contributed by atoms with van der Waals surface area (Å²) in [7, 11) is 0. The smallest absolute Gasteiger partial charge is 0.335 e. The molecule has 2 N–H and O–H groups in total. The van der Waals surface area contributed by atoms with Crippen molar-refractivity contribution >= 4 is 11.7 Å². The van der Waals surface area contributed by atoms with E-state index in [4.69, 9.17) is 5.11 Å². The van der Waals surface area contributed by atoms with Crippen LogP contribution in [0.5, 0.6) is 0 Å². The standard InChI is InChI=1S/C13H17NO2/c1-3-9-7-12(9)14-11-5-4-10(13(15)16)6-8(11)2/h4-6,9,12,14H,3,7H2,1-2H3,(H,15,16). The van der Waals surface area contributed by atoms with E-state index in [0.29, 0.717) is 11.6 Å². The normalized spacial score (nSPS) is 22.9. The zero-order valence-corrected chi connectivity index (χ0v) is 9.66. The minimum atomic E-state index is -0.868. The summed E-state index contributed by atoms with van der Waals surface area (Å²) in [6, 6.07) is 5.82. The first kappa shape index (κ1) is 11.0. The van der Waals surface area contributed by atoms with Crippen molar-refractivity contribution < 1.29 is 9.90 Å². The Hall–Kier alpha value is -1.51. The maximum Gasteiger partial charge on any atom is 0.335 e. The van der Waals surface area contributed by atoms with Gasteiger partial charge in [0.15, 0.2) is 0 Å². The van der Waals surface area contributed by atoms with Gasteiger partial charge in [-0.3, -0.25) is 0 Å². The Bertz CT molecular complexity index is 414. The number of nitrogens with one attached hydrogen (secondary N) is 1. The minimum Gasteiger partial charge on any atom is -0.478 e. The highest BCUT2D eigenvalue weighted by Gasteiger charge is 2.35. The average Bonchev–Trinajstić information content (AvgIpc) is 2.99. The van der Waals surface area contributed by atoms with E-state index in [-0.39, 0.29) is 0 Å². The van der Waals surface area contributed by atoms with Gasteiger partial charge in [0.2, 0.25) is 0 Å². The lowest BCUT2D eigenvalue weighted by Crippen LogP contribution is -2.06. The summed E-state index contributed by atoms with van der Waals surface area (Å²) in [5.41, 5.74) is 2.42. The molecule has 1 aliphatic carbocycles. The molecule has 2 unspecified atom stereocenters. The van der Waals surface area contributed by atoms with Crippen molar-refractivity contribution in [2.75, 3.05) is 5.32 Å². The van der Waals surface area contributed by atoms with Crippen LogP contribution < -0.4 is 5.32 Å². The molecule has 16 heavy (non-hydrogen) atoms. The Morgan fingerprint density at radius 3 is 2.81 bits per heavy atom. The minimum absolute atomic E-state index is 0.353. The van der Waals surface area contributed by atoms with Crippen molar-refractivity contribution in [1.29, 1.82) is 0 Å². The topological polar surface area (TPSA) is 49.3 Å². The van der Waals surface area contributed by atoms with Crippen LogP contribution in [0.2, 0.25) is 0 Å². The summed E-state index contributed by atoms with van der Waals surface area (Å²) in [6.45, 7) is 4.14. The van der Waals surface area contributed by atoms with Gasteiger partial charge >= 0.3 is 5.97 Å². The van der Waals surface area contributed by atoms with Crippen LogP contribution in [0.15, 0.2) is 18.2 Å². The van der Waals surface area contributed by atoms with Gasteiger partial charge in [-0.25, -0.2) is 4.79 Å². The molecule has 0 bridgehead atoms. The summed E-state index contributed by atoms with van der Waals surface area (Å²) in [6.07, 6.45) is 2.44. The number of carbonyl (C=O) groups is 1. The van der Waals surface area contributed by atoms with E-state index < -0.39 is 5.97 Å². The van der Waals surface area contributed by atoms with Gasteiger partial charge in [0, 0.05) is 11.7 Å². The van der Waals surface area contributed by atoms with Crippen molar-refractivity contribution in [1.82, 2.24) is 0 Å². The van der Waals surface area contributed by atoms with E-state index in [1.165, 1.54) is 12.8 Å². The maximum atomic E-state index is 10.8. The number of rotatable bonds is 4. The van der Waals surface area contributed by atoms with Crippen LogP contribution in [0.1, 0.15) is 35.7 Å². The number of hydrogen-bond donors (Lipinski definition) is 2. The fourth-order valence-electron chi connectivity index (χ4n) is 2.03. The molecule has 2 rings (SSSR count). The summed E-state index contributed by atoms with van der Waals surface area (Å²) < 4.78 is 0. The van der Waals surface area contributed by atoms with Crippen LogP contribution in [0.25, 0.3) is 0 Å². The Balaban J connectivity index is 2.08. The Kier molecular flexibility index (Phi) is 2.86. The first-order valence-corrected chi connectivity index (χ1v) is 5.72. The molecule has 1 aromatic carbocycles. The van der Waals surface area contributed by atoms with Gasteiger partial charge in [0.05, 0.1) is 5.56 Å². The van der Waals surface area contributed by atoms with E-state index in [1.54, 1.807) is 12.1 Å². The average molecular weight is 219 g/mol. The fourth-order valence-corrected chi connectivity index (χ4v) is 2.03. The summed E-state index contributed by atoms with van der Waals surface area (Å²) in [5, 5.41) is 12.3. The van der Waals surface area contributed by atoms with Crippen molar-refractivity contribution in [2.24, 2.45) is 5.92 Å². The molecule has 1 aliphatic rings. The number of benzene rings is 1. The molecule has 0 spiro atoms. The molecule has 1 fully saturated rings. The van der Waals surface area contributed by atoms with Crippen molar-refractivity contribution in [3.63, 3.8) is 0 Å². The molecule has 0 radical (unpaired) electrons. The van der Waals surface area contributed by atoms with Gasteiger partial charge in [-0.05, 0) is 43.0 Å². The summed E-state index contributed by atoms with van der Waals surface area (Å²) in [4.78, 5) is 10.8. The molecule has 2 atom stereocenters. The van der Waals surface area contributed by atoms with Gasteiger partial charge in [0.25, 0.3) is 0 Å². The molecular weight excluding hydrogens is 202 g/mol. The van der Waals surface area contributed by atoms with Crippen LogP contribution in [-0.4, -0.2) is 17.1 Å². The number of aromatic carboxylic acids is 1. The molecule has 1 aromatic rings. The van der Waals surface area contributed by atoms with Gasteiger partial charge in [-0.15, -0.1) is 0 Å². The number of hydrogen-bond acceptors (Lipinski definition) is 2. The molecule has 86 valence electrons. The van der Waals surface area contributed by atoms with Crippen LogP contribution in [0.3, 0.4) is 0 Å². The quantitative estimate of drug-likeness (QED) is 0.818. The highest BCUT2D eigenvalue weighted by atomic mass is 16.4. The second-order valence-corrected chi connectivity index (χ2v) is 4.49. The zero-order valence-electron chi connectivity index (χ0n) is 9.66. The predicted octanol–water partition coefficient (Wildman–Crippen LogP) is 2.90. The maximum absolute atomic E-state index is 10.8. The first-order chi connectivity index (χ1) is 7.61. The van der Waals surface area contributed by atoms with Crippen LogP contribution in [0, 0.1) is 12.8 Å². The Morgan fingerprint density at radius 1 is 1.56 bits per heavy atom. The molecule has 0 saturated heterocycles. The molecular formula is C13H17NO2. The van der Waals surface area contributed by atoms with Crippen molar-refractivity contribution in [3.05, 3.63) is 29.3 Å². The zero-order chi connectivity index (χ0) is 11.7.